The number of hydrogen-bond donors (Lipinski definition) is 1. The summed E-state index contributed by atoms with van der Waals surface area (Å²) in [6.07, 6.45) is 0.889. The number of nitrogens with zero attached hydrogens (tertiary/aromatic N) is 1. The lowest BCUT2D eigenvalue weighted by Gasteiger charge is -2.09. The van der Waals surface area contributed by atoms with Gasteiger partial charge in [0.2, 0.25) is 0 Å². The van der Waals surface area contributed by atoms with Gasteiger partial charge in [-0.1, -0.05) is 26.0 Å². The first-order valence-corrected chi connectivity index (χ1v) is 6.81. The summed E-state index contributed by atoms with van der Waals surface area (Å²) in [5, 5.41) is 7.19. The zero-order chi connectivity index (χ0) is 13.8. The lowest BCUT2D eigenvalue weighted by Crippen LogP contribution is -3.00. The average molecular weight is 294 g/mol. The third-order valence-corrected chi connectivity index (χ3v) is 3.45. The summed E-state index contributed by atoms with van der Waals surface area (Å²) in [5.41, 5.74) is 4.81. The summed E-state index contributed by atoms with van der Waals surface area (Å²) < 4.78 is 5.78. The number of benzene rings is 1. The lowest BCUT2D eigenvalue weighted by atomic mass is 10.0. The number of halogens is 1. The number of aromatic nitrogens is 2. The SMILES string of the molecule is Cc1n[nH]c(C)c1CCOc1ccc(C(C)C)cc1.[Cl-]. The van der Waals surface area contributed by atoms with Crippen molar-refractivity contribution >= 4 is 0 Å². The molecule has 0 aliphatic rings. The highest BCUT2D eigenvalue weighted by molar-refractivity contribution is 5.29. The highest BCUT2D eigenvalue weighted by Crippen LogP contribution is 2.19. The first kappa shape index (κ1) is 16.6. The maximum atomic E-state index is 5.78. The number of ether oxygens (including phenoxy) is 1. The summed E-state index contributed by atoms with van der Waals surface area (Å²) >= 11 is 0. The topological polar surface area (TPSA) is 37.9 Å². The summed E-state index contributed by atoms with van der Waals surface area (Å²) in [7, 11) is 0. The Morgan fingerprint density at radius 2 is 1.80 bits per heavy atom. The van der Waals surface area contributed by atoms with Crippen LogP contribution in [0, 0.1) is 13.8 Å². The predicted molar refractivity (Wildman–Crippen MR) is 77.8 cm³/mol. The van der Waals surface area contributed by atoms with Gasteiger partial charge in [0, 0.05) is 12.1 Å². The first-order chi connectivity index (χ1) is 9.08. The van der Waals surface area contributed by atoms with Crippen molar-refractivity contribution in [1.82, 2.24) is 10.2 Å². The Kier molecular flexibility index (Phi) is 6.08. The predicted octanol–water partition coefficient (Wildman–Crippen LogP) is 0.775. The number of hydrogen-bond acceptors (Lipinski definition) is 2. The van der Waals surface area contributed by atoms with Crippen LogP contribution in [0.1, 0.15) is 42.3 Å². The van der Waals surface area contributed by atoms with E-state index in [1.165, 1.54) is 11.1 Å². The zero-order valence-corrected chi connectivity index (χ0v) is 13.3. The van der Waals surface area contributed by atoms with E-state index in [2.05, 4.69) is 36.2 Å². The van der Waals surface area contributed by atoms with Crippen LogP contribution in [0.25, 0.3) is 0 Å². The van der Waals surface area contributed by atoms with Gasteiger partial charge in [0.1, 0.15) is 5.75 Å². The van der Waals surface area contributed by atoms with Crippen LogP contribution >= 0.6 is 0 Å². The molecule has 2 rings (SSSR count). The van der Waals surface area contributed by atoms with E-state index in [9.17, 15) is 0 Å². The van der Waals surface area contributed by atoms with Crippen molar-refractivity contribution in [1.29, 1.82) is 0 Å². The highest BCUT2D eigenvalue weighted by Gasteiger charge is 2.06. The third-order valence-electron chi connectivity index (χ3n) is 3.45. The fraction of sp³-hybridized carbons (Fsp3) is 0.438. The van der Waals surface area contributed by atoms with Crippen molar-refractivity contribution in [3.63, 3.8) is 0 Å². The third kappa shape index (κ3) is 4.01. The number of rotatable bonds is 5. The molecule has 4 heteroatoms. The van der Waals surface area contributed by atoms with Crippen LogP contribution in [0.2, 0.25) is 0 Å². The fourth-order valence-electron chi connectivity index (χ4n) is 2.16. The van der Waals surface area contributed by atoms with Crippen LogP contribution < -0.4 is 17.1 Å². The Morgan fingerprint density at radius 3 is 2.30 bits per heavy atom. The van der Waals surface area contributed by atoms with Crippen molar-refractivity contribution in [2.75, 3.05) is 6.61 Å². The molecule has 0 radical (unpaired) electrons. The van der Waals surface area contributed by atoms with E-state index in [4.69, 9.17) is 4.74 Å². The van der Waals surface area contributed by atoms with Crippen LogP contribution in [0.5, 0.6) is 5.75 Å². The van der Waals surface area contributed by atoms with Gasteiger partial charge < -0.3 is 17.1 Å². The molecule has 0 bridgehead atoms. The van der Waals surface area contributed by atoms with E-state index in [0.717, 1.165) is 23.6 Å². The van der Waals surface area contributed by atoms with Crippen molar-refractivity contribution < 1.29 is 17.1 Å². The number of aromatic amines is 1. The Hall–Kier alpha value is -1.48. The van der Waals surface area contributed by atoms with Gasteiger partial charge in [0.05, 0.1) is 12.3 Å². The Morgan fingerprint density at radius 1 is 1.15 bits per heavy atom. The molecule has 1 aromatic carbocycles. The van der Waals surface area contributed by atoms with E-state index >= 15 is 0 Å². The molecule has 0 saturated heterocycles. The van der Waals surface area contributed by atoms with Gasteiger partial charge in [0.25, 0.3) is 0 Å². The smallest absolute Gasteiger partial charge is 0.119 e. The van der Waals surface area contributed by atoms with Crippen LogP contribution in [-0.2, 0) is 6.42 Å². The van der Waals surface area contributed by atoms with Crippen LogP contribution in [-0.4, -0.2) is 16.8 Å². The molecule has 0 amide bonds. The van der Waals surface area contributed by atoms with E-state index in [1.807, 2.05) is 26.0 Å². The van der Waals surface area contributed by atoms with Crippen molar-refractivity contribution in [2.45, 2.75) is 40.0 Å². The van der Waals surface area contributed by atoms with E-state index in [1.54, 1.807) is 0 Å². The van der Waals surface area contributed by atoms with Crippen LogP contribution in [0.15, 0.2) is 24.3 Å². The highest BCUT2D eigenvalue weighted by atomic mass is 35.5. The quantitative estimate of drug-likeness (QED) is 0.884. The summed E-state index contributed by atoms with van der Waals surface area (Å²) in [6.45, 7) is 9.14. The second-order valence-electron chi connectivity index (χ2n) is 5.23. The molecule has 0 aliphatic heterocycles. The Labute approximate surface area is 127 Å². The maximum Gasteiger partial charge on any atom is 0.119 e. The van der Waals surface area contributed by atoms with Gasteiger partial charge >= 0.3 is 0 Å². The Bertz CT molecular complexity index is 512. The second-order valence-corrected chi connectivity index (χ2v) is 5.23. The van der Waals surface area contributed by atoms with Crippen molar-refractivity contribution in [3.8, 4) is 5.75 Å². The molecule has 110 valence electrons. The number of H-pyrrole nitrogens is 1. The van der Waals surface area contributed by atoms with Crippen LogP contribution in [0.4, 0.5) is 0 Å². The van der Waals surface area contributed by atoms with Gasteiger partial charge in [-0.15, -0.1) is 0 Å². The van der Waals surface area contributed by atoms with Gasteiger partial charge in [-0.25, -0.2) is 0 Å². The molecule has 3 nitrogen and oxygen atoms in total. The summed E-state index contributed by atoms with van der Waals surface area (Å²) in [5.74, 6) is 1.49. The summed E-state index contributed by atoms with van der Waals surface area (Å²) in [6, 6.07) is 8.36. The van der Waals surface area contributed by atoms with Gasteiger partial charge in [0.15, 0.2) is 0 Å². The number of aryl methyl sites for hydroxylation is 2. The van der Waals surface area contributed by atoms with Gasteiger partial charge in [-0.3, -0.25) is 5.10 Å². The molecule has 0 fully saturated rings. The van der Waals surface area contributed by atoms with E-state index in [0.29, 0.717) is 12.5 Å². The average Bonchev–Trinajstić information content (AvgIpc) is 2.71. The van der Waals surface area contributed by atoms with Crippen molar-refractivity contribution in [2.24, 2.45) is 0 Å². The van der Waals surface area contributed by atoms with Gasteiger partial charge in [-0.05, 0) is 43.0 Å². The normalized spacial score (nSPS) is 10.4. The van der Waals surface area contributed by atoms with E-state index < -0.39 is 0 Å². The molecule has 20 heavy (non-hydrogen) atoms. The molecular formula is C16H22ClN2O-. The minimum Gasteiger partial charge on any atom is -1.00 e. The van der Waals surface area contributed by atoms with Gasteiger partial charge in [-0.2, -0.15) is 5.10 Å². The molecule has 0 aliphatic carbocycles. The molecule has 1 aromatic heterocycles. The second kappa shape index (κ2) is 7.34. The van der Waals surface area contributed by atoms with Crippen LogP contribution in [0.3, 0.4) is 0 Å². The molecule has 2 aromatic rings. The monoisotopic (exact) mass is 293 g/mol. The van der Waals surface area contributed by atoms with Crippen molar-refractivity contribution in [3.05, 3.63) is 46.8 Å². The molecule has 0 unspecified atom stereocenters. The lowest BCUT2D eigenvalue weighted by molar-refractivity contribution is -0.00000481. The molecule has 1 N–H and O–H groups in total. The molecule has 0 saturated carbocycles. The summed E-state index contributed by atoms with van der Waals surface area (Å²) in [4.78, 5) is 0. The maximum absolute atomic E-state index is 5.78. The minimum atomic E-state index is 0. The number of nitrogens with one attached hydrogen (secondary N) is 1. The minimum absolute atomic E-state index is 0. The molecule has 1 heterocycles. The first-order valence-electron chi connectivity index (χ1n) is 6.81. The standard InChI is InChI=1S/C16H22N2O.ClH/c1-11(2)14-5-7-15(8-6-14)19-10-9-16-12(3)17-18-13(16)4;/h5-8,11H,9-10H2,1-4H3,(H,17,18);1H/p-1. The zero-order valence-electron chi connectivity index (χ0n) is 12.5. The van der Waals surface area contributed by atoms with E-state index in [-0.39, 0.29) is 12.4 Å². The molecular weight excluding hydrogens is 272 g/mol. The fourth-order valence-corrected chi connectivity index (χ4v) is 2.16. The molecule has 0 spiro atoms. The Balaban J connectivity index is 0.00000200. The molecule has 0 atom stereocenters. The largest absolute Gasteiger partial charge is 1.00 e.